The lowest BCUT2D eigenvalue weighted by Crippen LogP contribution is -2.15. The van der Waals surface area contributed by atoms with Crippen molar-refractivity contribution in [1.29, 1.82) is 0 Å². The summed E-state index contributed by atoms with van der Waals surface area (Å²) in [5, 5.41) is 16.9. The predicted molar refractivity (Wildman–Crippen MR) is 100 cm³/mol. The SMILES string of the molecule is NS(=O)(=O)c1ccc(NC(=O)CSc2nnc3c(Cl)cc(Cl)cn23)cc1. The van der Waals surface area contributed by atoms with Gasteiger partial charge in [-0.25, -0.2) is 13.6 Å². The number of carbonyl (C=O) groups excluding carboxylic acids is 1. The quantitative estimate of drug-likeness (QED) is 0.598. The van der Waals surface area contributed by atoms with Crippen molar-refractivity contribution in [3.05, 3.63) is 46.6 Å². The standard InChI is InChI=1S/C14H11Cl2N5O3S2/c15-8-5-11(16)13-19-20-14(21(13)6-8)25-7-12(22)18-9-1-3-10(4-2-9)26(17,23)24/h1-6H,7H2,(H,18,22)(H2,17,23,24). The fourth-order valence-electron chi connectivity index (χ4n) is 2.06. The molecule has 2 aromatic heterocycles. The number of nitrogens with zero attached hydrogens (tertiary/aromatic N) is 3. The second-order valence-electron chi connectivity index (χ2n) is 5.09. The van der Waals surface area contributed by atoms with Crippen LogP contribution in [0.15, 0.2) is 46.6 Å². The number of halogens is 2. The molecule has 26 heavy (non-hydrogen) atoms. The van der Waals surface area contributed by atoms with E-state index in [9.17, 15) is 13.2 Å². The van der Waals surface area contributed by atoms with Crippen LogP contribution in [0, 0.1) is 0 Å². The van der Waals surface area contributed by atoms with Crippen LogP contribution < -0.4 is 10.5 Å². The summed E-state index contributed by atoms with van der Waals surface area (Å²) in [6.45, 7) is 0. The van der Waals surface area contributed by atoms with Crippen LogP contribution in [0.4, 0.5) is 5.69 Å². The molecule has 0 aliphatic carbocycles. The molecule has 8 nitrogen and oxygen atoms in total. The van der Waals surface area contributed by atoms with Gasteiger partial charge in [-0.15, -0.1) is 10.2 Å². The number of thioether (sulfide) groups is 1. The number of aromatic nitrogens is 3. The number of benzene rings is 1. The second-order valence-corrected chi connectivity index (χ2v) is 8.44. The molecule has 0 atom stereocenters. The van der Waals surface area contributed by atoms with Gasteiger partial charge in [0.1, 0.15) is 0 Å². The Labute approximate surface area is 162 Å². The van der Waals surface area contributed by atoms with Crippen molar-refractivity contribution in [2.75, 3.05) is 11.1 Å². The number of pyridine rings is 1. The lowest BCUT2D eigenvalue weighted by molar-refractivity contribution is -0.113. The van der Waals surface area contributed by atoms with Crippen molar-refractivity contribution in [3.8, 4) is 0 Å². The normalized spacial score (nSPS) is 11.7. The number of rotatable bonds is 5. The first-order valence-electron chi connectivity index (χ1n) is 6.99. The molecule has 3 aromatic rings. The Morgan fingerprint density at radius 2 is 1.92 bits per heavy atom. The lowest BCUT2D eigenvalue weighted by atomic mass is 10.3. The molecule has 0 aliphatic rings. The molecule has 12 heteroatoms. The van der Waals surface area contributed by atoms with E-state index in [1.54, 1.807) is 16.7 Å². The maximum atomic E-state index is 12.1. The van der Waals surface area contributed by atoms with Crippen LogP contribution >= 0.6 is 35.0 Å². The molecule has 3 N–H and O–H groups in total. The number of carbonyl (C=O) groups is 1. The molecule has 0 aliphatic heterocycles. The monoisotopic (exact) mass is 431 g/mol. The van der Waals surface area contributed by atoms with E-state index in [1.807, 2.05) is 0 Å². The molecular formula is C14H11Cl2N5O3S2. The molecular weight excluding hydrogens is 421 g/mol. The minimum absolute atomic E-state index is 0.0337. The molecule has 136 valence electrons. The van der Waals surface area contributed by atoms with Gasteiger partial charge in [-0.1, -0.05) is 35.0 Å². The minimum atomic E-state index is -3.77. The number of nitrogens with two attached hydrogens (primary N) is 1. The van der Waals surface area contributed by atoms with Gasteiger partial charge < -0.3 is 5.32 Å². The summed E-state index contributed by atoms with van der Waals surface area (Å²) < 4.78 is 24.0. The van der Waals surface area contributed by atoms with E-state index in [0.717, 1.165) is 11.8 Å². The number of primary sulfonamides is 1. The minimum Gasteiger partial charge on any atom is -0.325 e. The van der Waals surface area contributed by atoms with E-state index >= 15 is 0 Å². The molecule has 0 spiro atoms. The summed E-state index contributed by atoms with van der Waals surface area (Å²) in [6, 6.07) is 7.09. The van der Waals surface area contributed by atoms with Gasteiger partial charge in [-0.05, 0) is 30.3 Å². The number of hydrogen-bond donors (Lipinski definition) is 2. The summed E-state index contributed by atoms with van der Waals surface area (Å²) >= 11 is 13.2. The summed E-state index contributed by atoms with van der Waals surface area (Å²) in [5.74, 6) is -0.245. The smallest absolute Gasteiger partial charge is 0.238 e. The predicted octanol–water partition coefficient (Wildman–Crippen LogP) is 2.41. The summed E-state index contributed by atoms with van der Waals surface area (Å²) in [5.41, 5.74) is 0.887. The molecule has 0 fully saturated rings. The van der Waals surface area contributed by atoms with Gasteiger partial charge >= 0.3 is 0 Å². The zero-order valence-corrected chi connectivity index (χ0v) is 16.0. The van der Waals surface area contributed by atoms with Gasteiger partial charge in [0.25, 0.3) is 0 Å². The number of anilines is 1. The number of nitrogens with one attached hydrogen (secondary N) is 1. The molecule has 0 radical (unpaired) electrons. The van der Waals surface area contributed by atoms with Crippen molar-refractivity contribution in [2.45, 2.75) is 10.1 Å². The molecule has 1 amide bonds. The molecule has 2 heterocycles. The number of fused-ring (bicyclic) bond motifs is 1. The Bertz CT molecular complexity index is 1080. The maximum Gasteiger partial charge on any atom is 0.238 e. The highest BCUT2D eigenvalue weighted by atomic mass is 35.5. The van der Waals surface area contributed by atoms with Crippen molar-refractivity contribution in [2.24, 2.45) is 5.14 Å². The summed E-state index contributed by atoms with van der Waals surface area (Å²) in [7, 11) is -3.77. The Balaban J connectivity index is 1.66. The molecule has 0 bridgehead atoms. The Kier molecular flexibility index (Phi) is 5.39. The number of amides is 1. The van der Waals surface area contributed by atoms with Crippen molar-refractivity contribution < 1.29 is 13.2 Å². The van der Waals surface area contributed by atoms with Gasteiger partial charge in [0.15, 0.2) is 10.8 Å². The highest BCUT2D eigenvalue weighted by Crippen LogP contribution is 2.25. The first-order chi connectivity index (χ1) is 12.2. The van der Waals surface area contributed by atoms with E-state index in [2.05, 4.69) is 15.5 Å². The van der Waals surface area contributed by atoms with E-state index in [1.165, 1.54) is 24.3 Å². The second kappa shape index (κ2) is 7.41. The molecule has 0 saturated heterocycles. The van der Waals surface area contributed by atoms with E-state index < -0.39 is 10.0 Å². The van der Waals surface area contributed by atoms with Crippen molar-refractivity contribution in [3.63, 3.8) is 0 Å². The fraction of sp³-hybridized carbons (Fsp3) is 0.0714. The molecule has 1 aromatic carbocycles. The van der Waals surface area contributed by atoms with E-state index in [4.69, 9.17) is 28.3 Å². The zero-order valence-electron chi connectivity index (χ0n) is 12.9. The Morgan fingerprint density at radius 1 is 1.23 bits per heavy atom. The van der Waals surface area contributed by atoms with Crippen LogP contribution in [-0.2, 0) is 14.8 Å². The van der Waals surface area contributed by atoms with Crippen LogP contribution in [0.25, 0.3) is 5.65 Å². The number of hydrogen-bond acceptors (Lipinski definition) is 6. The third kappa shape index (κ3) is 4.27. The highest BCUT2D eigenvalue weighted by Gasteiger charge is 2.13. The lowest BCUT2D eigenvalue weighted by Gasteiger charge is -2.06. The van der Waals surface area contributed by atoms with Crippen LogP contribution in [0.2, 0.25) is 10.0 Å². The number of sulfonamides is 1. The van der Waals surface area contributed by atoms with Gasteiger partial charge in [0.05, 0.1) is 20.7 Å². The average Bonchev–Trinajstić information content (AvgIpc) is 2.96. The fourth-order valence-corrected chi connectivity index (χ4v) is 3.79. The molecule has 0 unspecified atom stereocenters. The Morgan fingerprint density at radius 3 is 2.58 bits per heavy atom. The maximum absolute atomic E-state index is 12.1. The Hall–Kier alpha value is -1.85. The molecule has 0 saturated carbocycles. The third-order valence-electron chi connectivity index (χ3n) is 3.19. The summed E-state index contributed by atoms with van der Waals surface area (Å²) in [4.78, 5) is 12.0. The molecule has 3 rings (SSSR count). The summed E-state index contributed by atoms with van der Waals surface area (Å²) in [6.07, 6.45) is 1.61. The largest absolute Gasteiger partial charge is 0.325 e. The first-order valence-corrected chi connectivity index (χ1v) is 10.3. The van der Waals surface area contributed by atoms with Crippen LogP contribution in [0.1, 0.15) is 0 Å². The third-order valence-corrected chi connectivity index (χ3v) is 5.55. The first kappa shape index (κ1) is 18.9. The van der Waals surface area contributed by atoms with Gasteiger partial charge in [0.2, 0.25) is 15.9 Å². The van der Waals surface area contributed by atoms with Crippen molar-refractivity contribution in [1.82, 2.24) is 14.6 Å². The van der Waals surface area contributed by atoms with Gasteiger partial charge in [0, 0.05) is 11.9 Å². The van der Waals surface area contributed by atoms with Crippen molar-refractivity contribution >= 4 is 62.2 Å². The van der Waals surface area contributed by atoms with E-state index in [0.29, 0.717) is 26.5 Å². The highest BCUT2D eigenvalue weighted by molar-refractivity contribution is 7.99. The van der Waals surface area contributed by atoms with Crippen LogP contribution in [-0.4, -0.2) is 34.7 Å². The zero-order chi connectivity index (χ0) is 18.9. The average molecular weight is 432 g/mol. The van der Waals surface area contributed by atoms with E-state index in [-0.39, 0.29) is 16.6 Å². The van der Waals surface area contributed by atoms with Gasteiger partial charge in [-0.3, -0.25) is 9.20 Å². The van der Waals surface area contributed by atoms with Crippen LogP contribution in [0.3, 0.4) is 0 Å². The van der Waals surface area contributed by atoms with Crippen LogP contribution in [0.5, 0.6) is 0 Å². The topological polar surface area (TPSA) is 119 Å². The van der Waals surface area contributed by atoms with Gasteiger partial charge in [-0.2, -0.15) is 0 Å².